The Morgan fingerprint density at radius 1 is 1.67 bits per heavy atom. The van der Waals surface area contributed by atoms with Crippen molar-refractivity contribution >= 4 is 11.6 Å². The summed E-state index contributed by atoms with van der Waals surface area (Å²) < 4.78 is 6.43. The van der Waals surface area contributed by atoms with Gasteiger partial charge in [-0.3, -0.25) is 0 Å². The lowest BCUT2D eigenvalue weighted by Gasteiger charge is -1.98. The summed E-state index contributed by atoms with van der Waals surface area (Å²) in [5.41, 5.74) is 7.44. The predicted molar refractivity (Wildman–Crippen MR) is 54.4 cm³/mol. The fraction of sp³-hybridized carbons (Fsp3) is 0.200. The number of methoxy groups -OCH3 is 1. The number of esters is 1. The van der Waals surface area contributed by atoms with Crippen LogP contribution in [0, 0.1) is 0 Å². The molecule has 0 aliphatic rings. The lowest BCUT2D eigenvalue weighted by atomic mass is 10.3. The van der Waals surface area contributed by atoms with Gasteiger partial charge in [-0.2, -0.15) is 0 Å². The first-order valence-corrected chi connectivity index (χ1v) is 4.50. The molecule has 5 heteroatoms. The molecule has 5 nitrogen and oxygen atoms in total. The van der Waals surface area contributed by atoms with Crippen molar-refractivity contribution in [1.29, 1.82) is 0 Å². The van der Waals surface area contributed by atoms with Gasteiger partial charge in [-0.25, -0.2) is 9.78 Å². The number of aromatic nitrogens is 2. The van der Waals surface area contributed by atoms with Crippen molar-refractivity contribution in [3.63, 3.8) is 0 Å². The minimum atomic E-state index is -0.366. The Morgan fingerprint density at radius 2 is 2.47 bits per heavy atom. The normalized spacial score (nSPS) is 10.5. The average molecular weight is 205 g/mol. The molecule has 2 rings (SSSR count). The molecule has 2 N–H and O–H groups in total. The molecule has 0 unspecified atom stereocenters. The average Bonchev–Trinajstić information content (AvgIpc) is 2.69. The van der Waals surface area contributed by atoms with Crippen molar-refractivity contribution in [3.8, 4) is 0 Å². The molecule has 0 radical (unpaired) electrons. The van der Waals surface area contributed by atoms with E-state index in [0.29, 0.717) is 17.8 Å². The molecule has 0 fully saturated rings. The number of carbonyl (C=O) groups excluding carboxylic acids is 1. The molecular weight excluding hydrogens is 194 g/mol. The molecule has 78 valence electrons. The third-order valence-corrected chi connectivity index (χ3v) is 2.14. The van der Waals surface area contributed by atoms with Gasteiger partial charge in [-0.1, -0.05) is 0 Å². The number of fused-ring (bicyclic) bond motifs is 1. The summed E-state index contributed by atoms with van der Waals surface area (Å²) in [4.78, 5) is 15.5. The van der Waals surface area contributed by atoms with Crippen LogP contribution in [0.1, 0.15) is 16.1 Å². The Balaban J connectivity index is 2.50. The summed E-state index contributed by atoms with van der Waals surface area (Å²) in [5, 5.41) is 0. The van der Waals surface area contributed by atoms with Gasteiger partial charge in [0.25, 0.3) is 0 Å². The first-order chi connectivity index (χ1) is 7.24. The van der Waals surface area contributed by atoms with Crippen LogP contribution in [0.25, 0.3) is 5.65 Å². The summed E-state index contributed by atoms with van der Waals surface area (Å²) in [6.45, 7) is 0.384. The Morgan fingerprint density at radius 3 is 3.13 bits per heavy atom. The summed E-state index contributed by atoms with van der Waals surface area (Å²) in [7, 11) is 1.35. The van der Waals surface area contributed by atoms with Crippen LogP contribution in [-0.2, 0) is 11.3 Å². The fourth-order valence-electron chi connectivity index (χ4n) is 1.38. The van der Waals surface area contributed by atoms with Crippen LogP contribution in [-0.4, -0.2) is 22.5 Å². The highest BCUT2D eigenvalue weighted by Crippen LogP contribution is 2.08. The van der Waals surface area contributed by atoms with Crippen LogP contribution in [0.4, 0.5) is 0 Å². The van der Waals surface area contributed by atoms with Crippen LogP contribution in [0.2, 0.25) is 0 Å². The zero-order valence-electron chi connectivity index (χ0n) is 8.30. The second-order valence-electron chi connectivity index (χ2n) is 3.11. The Kier molecular flexibility index (Phi) is 2.39. The van der Waals surface area contributed by atoms with Crippen LogP contribution < -0.4 is 5.73 Å². The zero-order chi connectivity index (χ0) is 10.8. The highest BCUT2D eigenvalue weighted by atomic mass is 16.5. The van der Waals surface area contributed by atoms with E-state index in [9.17, 15) is 4.79 Å². The number of rotatable bonds is 2. The molecular formula is C10H11N3O2. The third-order valence-electron chi connectivity index (χ3n) is 2.14. The monoisotopic (exact) mass is 205 g/mol. The van der Waals surface area contributed by atoms with Crippen molar-refractivity contribution in [2.45, 2.75) is 6.54 Å². The molecule has 0 bridgehead atoms. The molecule has 0 aliphatic heterocycles. The molecule has 2 heterocycles. The minimum absolute atomic E-state index is 0.366. The maximum atomic E-state index is 11.2. The third kappa shape index (κ3) is 1.69. The van der Waals surface area contributed by atoms with Crippen LogP contribution in [0.15, 0.2) is 24.5 Å². The maximum absolute atomic E-state index is 11.2. The number of carbonyl (C=O) groups is 1. The van der Waals surface area contributed by atoms with E-state index in [1.54, 1.807) is 18.3 Å². The van der Waals surface area contributed by atoms with E-state index in [1.165, 1.54) is 7.11 Å². The molecule has 0 saturated carbocycles. The van der Waals surface area contributed by atoms with Gasteiger partial charge in [0.05, 0.1) is 18.4 Å². The van der Waals surface area contributed by atoms with Gasteiger partial charge in [-0.15, -0.1) is 0 Å². The van der Waals surface area contributed by atoms with Crippen LogP contribution in [0.3, 0.4) is 0 Å². The SMILES string of the molecule is COC(=O)c1ccn2cc(CN)nc2c1. The number of ether oxygens (including phenoxy) is 1. The fourth-order valence-corrected chi connectivity index (χ4v) is 1.38. The van der Waals surface area contributed by atoms with E-state index in [-0.39, 0.29) is 5.97 Å². The largest absolute Gasteiger partial charge is 0.465 e. The number of hydrogen-bond acceptors (Lipinski definition) is 4. The molecule has 2 aromatic heterocycles. The van der Waals surface area contributed by atoms with Gasteiger partial charge >= 0.3 is 5.97 Å². The summed E-state index contributed by atoms with van der Waals surface area (Å²) in [6, 6.07) is 3.35. The van der Waals surface area contributed by atoms with Crippen molar-refractivity contribution in [2.24, 2.45) is 5.73 Å². The number of nitrogens with zero attached hydrogens (tertiary/aromatic N) is 2. The molecule has 0 atom stereocenters. The molecule has 2 aromatic rings. The number of imidazole rings is 1. The quantitative estimate of drug-likeness (QED) is 0.728. The lowest BCUT2D eigenvalue weighted by Crippen LogP contribution is -2.01. The highest BCUT2D eigenvalue weighted by Gasteiger charge is 2.07. The number of pyridine rings is 1. The molecule has 15 heavy (non-hydrogen) atoms. The van der Waals surface area contributed by atoms with Gasteiger partial charge in [0.15, 0.2) is 0 Å². The van der Waals surface area contributed by atoms with E-state index in [2.05, 4.69) is 9.72 Å². The number of hydrogen-bond donors (Lipinski definition) is 1. The predicted octanol–water partition coefficient (Wildman–Crippen LogP) is 0.580. The summed E-state index contributed by atoms with van der Waals surface area (Å²) in [6.07, 6.45) is 3.59. The van der Waals surface area contributed by atoms with Crippen LogP contribution >= 0.6 is 0 Å². The van der Waals surface area contributed by atoms with E-state index >= 15 is 0 Å². The van der Waals surface area contributed by atoms with Crippen LogP contribution in [0.5, 0.6) is 0 Å². The first kappa shape index (κ1) is 9.67. The Bertz CT molecular complexity index is 504. The van der Waals surface area contributed by atoms with Crippen molar-refractivity contribution in [1.82, 2.24) is 9.38 Å². The maximum Gasteiger partial charge on any atom is 0.338 e. The van der Waals surface area contributed by atoms with Gasteiger partial charge in [0.2, 0.25) is 0 Å². The summed E-state index contributed by atoms with van der Waals surface area (Å²) in [5.74, 6) is -0.366. The minimum Gasteiger partial charge on any atom is -0.465 e. The van der Waals surface area contributed by atoms with Gasteiger partial charge in [0, 0.05) is 18.9 Å². The smallest absolute Gasteiger partial charge is 0.338 e. The second kappa shape index (κ2) is 3.70. The molecule has 0 amide bonds. The van der Waals surface area contributed by atoms with Crippen molar-refractivity contribution in [3.05, 3.63) is 35.8 Å². The molecule has 0 aliphatic carbocycles. The highest BCUT2D eigenvalue weighted by molar-refractivity contribution is 5.90. The lowest BCUT2D eigenvalue weighted by molar-refractivity contribution is 0.0600. The van der Waals surface area contributed by atoms with Crippen molar-refractivity contribution < 1.29 is 9.53 Å². The van der Waals surface area contributed by atoms with E-state index < -0.39 is 0 Å². The first-order valence-electron chi connectivity index (χ1n) is 4.50. The van der Waals surface area contributed by atoms with E-state index in [1.807, 2.05) is 10.6 Å². The van der Waals surface area contributed by atoms with Crippen molar-refractivity contribution in [2.75, 3.05) is 7.11 Å². The van der Waals surface area contributed by atoms with Gasteiger partial charge in [0.1, 0.15) is 5.65 Å². The molecule has 0 aromatic carbocycles. The van der Waals surface area contributed by atoms with E-state index in [4.69, 9.17) is 5.73 Å². The van der Waals surface area contributed by atoms with Gasteiger partial charge < -0.3 is 14.9 Å². The Hall–Kier alpha value is -1.88. The Labute approximate surface area is 86.5 Å². The second-order valence-corrected chi connectivity index (χ2v) is 3.11. The topological polar surface area (TPSA) is 69.6 Å². The number of nitrogens with two attached hydrogens (primary N) is 1. The zero-order valence-corrected chi connectivity index (χ0v) is 8.30. The van der Waals surface area contributed by atoms with Gasteiger partial charge in [-0.05, 0) is 12.1 Å². The molecule has 0 saturated heterocycles. The summed E-state index contributed by atoms with van der Waals surface area (Å²) >= 11 is 0. The van der Waals surface area contributed by atoms with E-state index in [0.717, 1.165) is 5.69 Å². The standard InChI is InChI=1S/C10H11N3O2/c1-15-10(14)7-2-3-13-6-8(5-11)12-9(13)4-7/h2-4,6H,5,11H2,1H3. The molecule has 0 spiro atoms.